The van der Waals surface area contributed by atoms with E-state index < -0.39 is 0 Å². The molecule has 1 saturated carbocycles. The summed E-state index contributed by atoms with van der Waals surface area (Å²) in [6.45, 7) is 5.31. The van der Waals surface area contributed by atoms with Gasteiger partial charge in [-0.15, -0.1) is 5.10 Å². The summed E-state index contributed by atoms with van der Waals surface area (Å²) < 4.78 is 7.49. The van der Waals surface area contributed by atoms with E-state index in [4.69, 9.17) is 4.74 Å². The molecule has 1 fully saturated rings. The van der Waals surface area contributed by atoms with Gasteiger partial charge in [-0.05, 0) is 32.1 Å². The van der Waals surface area contributed by atoms with Crippen LogP contribution >= 0.6 is 0 Å². The Balaban J connectivity index is 2.14. The number of ketones is 1. The van der Waals surface area contributed by atoms with Crippen molar-refractivity contribution in [3.8, 4) is 0 Å². The number of Topliss-reactive ketones (excluding diaryl/α,β-unsaturated/α-hetero) is 1. The Morgan fingerprint density at radius 1 is 1.40 bits per heavy atom. The second-order valence-electron chi connectivity index (χ2n) is 5.48. The van der Waals surface area contributed by atoms with Gasteiger partial charge in [0.1, 0.15) is 11.8 Å². The van der Waals surface area contributed by atoms with Crippen LogP contribution < -0.4 is 0 Å². The third-order valence-electron chi connectivity index (χ3n) is 3.99. The Labute approximate surface area is 120 Å². The lowest BCUT2D eigenvalue weighted by Gasteiger charge is -2.28. The van der Waals surface area contributed by atoms with Gasteiger partial charge in [0.15, 0.2) is 0 Å². The number of hydrogen-bond acceptors (Lipinski definition) is 4. The summed E-state index contributed by atoms with van der Waals surface area (Å²) in [4.78, 5) is 12.8. The van der Waals surface area contributed by atoms with Crippen LogP contribution in [0.3, 0.4) is 0 Å². The van der Waals surface area contributed by atoms with Crippen molar-refractivity contribution in [2.45, 2.75) is 65.0 Å². The van der Waals surface area contributed by atoms with Gasteiger partial charge in [0.2, 0.25) is 5.78 Å². The number of aromatic nitrogens is 3. The highest BCUT2D eigenvalue weighted by atomic mass is 16.5. The molecule has 0 amide bonds. The Kier molecular flexibility index (Phi) is 5.71. The summed E-state index contributed by atoms with van der Waals surface area (Å²) >= 11 is 0. The summed E-state index contributed by atoms with van der Waals surface area (Å²) in [7, 11) is 0. The van der Waals surface area contributed by atoms with Gasteiger partial charge in [0, 0.05) is 13.2 Å². The number of nitrogens with zero attached hydrogens (tertiary/aromatic N) is 3. The van der Waals surface area contributed by atoms with Crippen molar-refractivity contribution in [3.05, 3.63) is 11.9 Å². The third kappa shape index (κ3) is 3.45. The molecule has 1 aliphatic carbocycles. The first kappa shape index (κ1) is 15.2. The summed E-state index contributed by atoms with van der Waals surface area (Å²) in [5.41, 5.74) is 0.593. The highest BCUT2D eigenvalue weighted by Gasteiger charge is 2.32. The molecule has 5 heteroatoms. The fourth-order valence-corrected chi connectivity index (χ4v) is 3.01. The Hall–Kier alpha value is -1.23. The van der Waals surface area contributed by atoms with E-state index in [0.29, 0.717) is 18.2 Å². The fraction of sp³-hybridized carbons (Fsp3) is 0.800. The molecule has 1 aliphatic rings. The van der Waals surface area contributed by atoms with Crippen LogP contribution in [0.5, 0.6) is 0 Å². The highest BCUT2D eigenvalue weighted by Crippen LogP contribution is 2.29. The second kappa shape index (κ2) is 7.53. The van der Waals surface area contributed by atoms with Crippen molar-refractivity contribution in [3.63, 3.8) is 0 Å². The molecule has 0 aliphatic heterocycles. The van der Waals surface area contributed by atoms with E-state index in [1.54, 1.807) is 10.9 Å². The molecule has 1 unspecified atom stereocenters. The quantitative estimate of drug-likeness (QED) is 0.720. The molecule has 0 saturated heterocycles. The normalized spacial score (nSPS) is 18.1. The van der Waals surface area contributed by atoms with Gasteiger partial charge in [-0.3, -0.25) is 4.79 Å². The molecule has 0 spiro atoms. The summed E-state index contributed by atoms with van der Waals surface area (Å²) in [6, 6.07) is 0. The van der Waals surface area contributed by atoms with Crippen LogP contribution in [-0.2, 0) is 11.3 Å². The molecule has 20 heavy (non-hydrogen) atoms. The zero-order chi connectivity index (χ0) is 14.4. The van der Waals surface area contributed by atoms with Crippen molar-refractivity contribution in [1.82, 2.24) is 15.0 Å². The van der Waals surface area contributed by atoms with Gasteiger partial charge in [-0.2, -0.15) is 0 Å². The molecule has 0 radical (unpaired) electrons. The van der Waals surface area contributed by atoms with Crippen molar-refractivity contribution in [2.75, 3.05) is 6.61 Å². The maximum absolute atomic E-state index is 12.8. The first-order valence-corrected chi connectivity index (χ1v) is 7.82. The molecule has 1 atom stereocenters. The topological polar surface area (TPSA) is 57.0 Å². The number of rotatable bonds is 7. The van der Waals surface area contributed by atoms with Crippen LogP contribution in [-0.4, -0.2) is 33.5 Å². The molecular weight excluding hydrogens is 254 g/mol. The highest BCUT2D eigenvalue weighted by molar-refractivity contribution is 5.98. The number of aryl methyl sites for hydroxylation is 1. The Morgan fingerprint density at radius 3 is 2.80 bits per heavy atom. The number of carbonyl (C=O) groups excluding carboxylic acids is 1. The largest absolute Gasteiger partial charge is 0.370 e. The van der Waals surface area contributed by atoms with E-state index >= 15 is 0 Å². The van der Waals surface area contributed by atoms with Gasteiger partial charge in [0.05, 0.1) is 6.20 Å². The monoisotopic (exact) mass is 279 g/mol. The zero-order valence-electron chi connectivity index (χ0n) is 12.5. The van der Waals surface area contributed by atoms with Gasteiger partial charge in [-0.1, -0.05) is 31.4 Å². The molecule has 0 aromatic carbocycles. The molecule has 2 rings (SSSR count). The number of ether oxygens (including phenoxy) is 1. The smallest absolute Gasteiger partial charge is 0.211 e. The molecule has 1 aromatic heterocycles. The van der Waals surface area contributed by atoms with Crippen molar-refractivity contribution in [2.24, 2.45) is 5.92 Å². The van der Waals surface area contributed by atoms with Gasteiger partial charge in [0.25, 0.3) is 0 Å². The van der Waals surface area contributed by atoms with Gasteiger partial charge >= 0.3 is 0 Å². The summed E-state index contributed by atoms with van der Waals surface area (Å²) in [5, 5.41) is 7.89. The summed E-state index contributed by atoms with van der Waals surface area (Å²) in [5.74, 6) is 0.401. The molecule has 5 nitrogen and oxygen atoms in total. The SMILES string of the molecule is CCCn1nncc1C(=O)C(OCC)C1CCCCC1. The lowest BCUT2D eigenvalue weighted by atomic mass is 9.83. The predicted octanol–water partition coefficient (Wildman–Crippen LogP) is 2.86. The lowest BCUT2D eigenvalue weighted by molar-refractivity contribution is 0.0119. The van der Waals surface area contributed by atoms with Crippen LogP contribution in [0.25, 0.3) is 0 Å². The van der Waals surface area contributed by atoms with Gasteiger partial charge < -0.3 is 4.74 Å². The van der Waals surface area contributed by atoms with Crippen LogP contribution in [0.2, 0.25) is 0 Å². The van der Waals surface area contributed by atoms with Crippen molar-refractivity contribution < 1.29 is 9.53 Å². The standard InChI is InChI=1S/C15H25N3O2/c1-3-10-18-13(11-16-17-18)14(19)15(20-4-2)12-8-6-5-7-9-12/h11-12,15H,3-10H2,1-2H3. The lowest BCUT2D eigenvalue weighted by Crippen LogP contribution is -2.35. The Morgan fingerprint density at radius 2 is 2.15 bits per heavy atom. The van der Waals surface area contributed by atoms with Gasteiger partial charge in [-0.25, -0.2) is 4.68 Å². The van der Waals surface area contributed by atoms with Crippen molar-refractivity contribution >= 4 is 5.78 Å². The molecular formula is C15H25N3O2. The van der Waals surface area contributed by atoms with E-state index in [1.807, 2.05) is 6.92 Å². The molecule has 1 aromatic rings. The zero-order valence-corrected chi connectivity index (χ0v) is 12.5. The fourth-order valence-electron chi connectivity index (χ4n) is 3.01. The van der Waals surface area contributed by atoms with E-state index in [2.05, 4.69) is 17.2 Å². The van der Waals surface area contributed by atoms with Crippen molar-refractivity contribution in [1.29, 1.82) is 0 Å². The minimum Gasteiger partial charge on any atom is -0.370 e. The predicted molar refractivity (Wildman–Crippen MR) is 76.6 cm³/mol. The van der Waals surface area contributed by atoms with Crippen LogP contribution in [0.1, 0.15) is 62.9 Å². The van der Waals surface area contributed by atoms with E-state index in [9.17, 15) is 4.79 Å². The molecule has 0 N–H and O–H groups in total. The second-order valence-corrected chi connectivity index (χ2v) is 5.48. The third-order valence-corrected chi connectivity index (χ3v) is 3.99. The summed E-state index contributed by atoms with van der Waals surface area (Å²) in [6.07, 6.45) is 8.05. The van der Waals surface area contributed by atoms with E-state index in [-0.39, 0.29) is 11.9 Å². The molecule has 1 heterocycles. The first-order valence-electron chi connectivity index (χ1n) is 7.82. The first-order chi connectivity index (χ1) is 9.77. The number of carbonyl (C=O) groups is 1. The average Bonchev–Trinajstić information content (AvgIpc) is 2.94. The minimum absolute atomic E-state index is 0.0530. The Bertz CT molecular complexity index is 425. The van der Waals surface area contributed by atoms with E-state index in [0.717, 1.165) is 25.8 Å². The number of hydrogen-bond donors (Lipinski definition) is 0. The van der Waals surface area contributed by atoms with Crippen LogP contribution in [0.15, 0.2) is 6.20 Å². The van der Waals surface area contributed by atoms with Crippen LogP contribution in [0, 0.1) is 5.92 Å². The maximum Gasteiger partial charge on any atom is 0.211 e. The molecule has 112 valence electrons. The van der Waals surface area contributed by atoms with E-state index in [1.165, 1.54) is 19.3 Å². The molecule has 0 bridgehead atoms. The van der Waals surface area contributed by atoms with Crippen LogP contribution in [0.4, 0.5) is 0 Å². The minimum atomic E-state index is -0.325. The average molecular weight is 279 g/mol. The maximum atomic E-state index is 12.8.